The van der Waals surface area contributed by atoms with Gasteiger partial charge in [-0.1, -0.05) is 43.0 Å². The zero-order valence-corrected chi connectivity index (χ0v) is 14.5. The van der Waals surface area contributed by atoms with E-state index in [1.807, 2.05) is 23.9 Å². The first-order valence-corrected chi connectivity index (χ1v) is 9.06. The van der Waals surface area contributed by atoms with E-state index >= 15 is 0 Å². The quantitative estimate of drug-likeness (QED) is 0.748. The van der Waals surface area contributed by atoms with Gasteiger partial charge in [0.1, 0.15) is 0 Å². The molecule has 1 saturated carbocycles. The minimum atomic E-state index is 0.600. The molecule has 20 heavy (non-hydrogen) atoms. The van der Waals surface area contributed by atoms with Crippen LogP contribution in [0.25, 0.3) is 0 Å². The van der Waals surface area contributed by atoms with Crippen LogP contribution in [0, 0.1) is 5.92 Å². The molecule has 1 nitrogen and oxygen atoms in total. The van der Waals surface area contributed by atoms with Gasteiger partial charge in [0.05, 0.1) is 10.0 Å². The van der Waals surface area contributed by atoms with Gasteiger partial charge in [0, 0.05) is 16.2 Å². The highest BCUT2D eigenvalue weighted by Gasteiger charge is 2.29. The lowest BCUT2D eigenvalue weighted by molar-refractivity contribution is 0.295. The van der Waals surface area contributed by atoms with Crippen molar-refractivity contribution in [2.75, 3.05) is 7.05 Å². The summed E-state index contributed by atoms with van der Waals surface area (Å²) in [6, 6.07) is 6.56. The third kappa shape index (κ3) is 4.30. The maximum atomic E-state index is 6.12. The van der Waals surface area contributed by atoms with Crippen molar-refractivity contribution >= 4 is 35.0 Å². The highest BCUT2D eigenvalue weighted by molar-refractivity contribution is 8.00. The molecule has 0 radical (unpaired) electrons. The molecule has 1 aliphatic carbocycles. The fourth-order valence-corrected chi connectivity index (χ4v) is 4.92. The first-order valence-electron chi connectivity index (χ1n) is 7.43. The van der Waals surface area contributed by atoms with Crippen LogP contribution in [0.15, 0.2) is 23.1 Å². The standard InChI is InChI=1S/C16H23Cl2NS/c1-3-4-11-5-8-15(19-2)16(9-11)20-12-6-7-13(17)14(18)10-12/h6-7,10-11,15-16,19H,3-5,8-9H2,1-2H3. The predicted molar refractivity (Wildman–Crippen MR) is 91.2 cm³/mol. The van der Waals surface area contributed by atoms with Gasteiger partial charge in [-0.25, -0.2) is 0 Å². The SMILES string of the molecule is CCCC1CCC(NC)C(Sc2ccc(Cl)c(Cl)c2)C1. The molecule has 3 unspecified atom stereocenters. The number of nitrogens with one attached hydrogen (secondary N) is 1. The lowest BCUT2D eigenvalue weighted by Gasteiger charge is -2.35. The van der Waals surface area contributed by atoms with Crippen LogP contribution in [0.1, 0.15) is 39.0 Å². The van der Waals surface area contributed by atoms with Gasteiger partial charge in [0.25, 0.3) is 0 Å². The molecule has 0 bridgehead atoms. The maximum absolute atomic E-state index is 6.12. The smallest absolute Gasteiger partial charge is 0.0603 e. The average molecular weight is 332 g/mol. The first kappa shape index (κ1) is 16.5. The molecule has 1 N–H and O–H groups in total. The van der Waals surface area contributed by atoms with Crippen LogP contribution in [0.5, 0.6) is 0 Å². The Morgan fingerprint density at radius 2 is 2.05 bits per heavy atom. The number of hydrogen-bond acceptors (Lipinski definition) is 2. The highest BCUT2D eigenvalue weighted by atomic mass is 35.5. The Kier molecular flexibility index (Phi) is 6.54. The van der Waals surface area contributed by atoms with E-state index in [0.29, 0.717) is 21.3 Å². The lowest BCUT2D eigenvalue weighted by atomic mass is 9.83. The Balaban J connectivity index is 2.04. The second-order valence-corrected chi connectivity index (χ2v) is 7.72. The summed E-state index contributed by atoms with van der Waals surface area (Å²) < 4.78 is 0. The topological polar surface area (TPSA) is 12.0 Å². The van der Waals surface area contributed by atoms with Crippen molar-refractivity contribution < 1.29 is 0 Å². The van der Waals surface area contributed by atoms with Crippen LogP contribution < -0.4 is 5.32 Å². The van der Waals surface area contributed by atoms with Crippen LogP contribution in [-0.2, 0) is 0 Å². The van der Waals surface area contributed by atoms with E-state index in [1.165, 1.54) is 37.0 Å². The normalized spacial score (nSPS) is 26.7. The Hall–Kier alpha value is 0.110. The maximum Gasteiger partial charge on any atom is 0.0603 e. The Morgan fingerprint density at radius 1 is 1.25 bits per heavy atom. The Morgan fingerprint density at radius 3 is 2.70 bits per heavy atom. The molecule has 4 heteroatoms. The van der Waals surface area contributed by atoms with Gasteiger partial charge in [-0.3, -0.25) is 0 Å². The van der Waals surface area contributed by atoms with Crippen LogP contribution in [0.4, 0.5) is 0 Å². The summed E-state index contributed by atoms with van der Waals surface area (Å²) in [5.41, 5.74) is 0. The lowest BCUT2D eigenvalue weighted by Crippen LogP contribution is -2.40. The van der Waals surface area contributed by atoms with Crippen LogP contribution in [0.2, 0.25) is 10.0 Å². The summed E-state index contributed by atoms with van der Waals surface area (Å²) in [7, 11) is 2.08. The van der Waals surface area contributed by atoms with Crippen molar-refractivity contribution in [3.8, 4) is 0 Å². The summed E-state index contributed by atoms with van der Waals surface area (Å²) in [4.78, 5) is 1.22. The minimum Gasteiger partial charge on any atom is -0.316 e. The molecule has 1 aromatic carbocycles. The molecular weight excluding hydrogens is 309 g/mol. The van der Waals surface area contributed by atoms with E-state index in [-0.39, 0.29) is 0 Å². The largest absolute Gasteiger partial charge is 0.316 e. The number of halogens is 2. The average Bonchev–Trinajstić information content (AvgIpc) is 2.44. The van der Waals surface area contributed by atoms with E-state index in [4.69, 9.17) is 23.2 Å². The molecule has 0 spiro atoms. The zero-order valence-electron chi connectivity index (χ0n) is 12.2. The Bertz CT molecular complexity index is 438. The van der Waals surface area contributed by atoms with Crippen molar-refractivity contribution in [1.29, 1.82) is 0 Å². The number of hydrogen-bond donors (Lipinski definition) is 1. The van der Waals surface area contributed by atoms with Crippen LogP contribution in [-0.4, -0.2) is 18.3 Å². The highest BCUT2D eigenvalue weighted by Crippen LogP contribution is 2.39. The van der Waals surface area contributed by atoms with Crippen LogP contribution >= 0.6 is 35.0 Å². The predicted octanol–water partition coefficient (Wildman–Crippen LogP) is 5.64. The van der Waals surface area contributed by atoms with Crippen molar-refractivity contribution in [1.82, 2.24) is 5.32 Å². The van der Waals surface area contributed by atoms with Gasteiger partial charge in [-0.05, 0) is 50.4 Å². The second kappa shape index (κ2) is 7.93. The van der Waals surface area contributed by atoms with Crippen molar-refractivity contribution in [3.63, 3.8) is 0 Å². The fraction of sp³-hybridized carbons (Fsp3) is 0.625. The van der Waals surface area contributed by atoms with Gasteiger partial charge in [-0.15, -0.1) is 11.8 Å². The van der Waals surface area contributed by atoms with Gasteiger partial charge in [-0.2, -0.15) is 0 Å². The van der Waals surface area contributed by atoms with Gasteiger partial charge < -0.3 is 5.32 Å². The van der Waals surface area contributed by atoms with E-state index in [9.17, 15) is 0 Å². The van der Waals surface area contributed by atoms with E-state index < -0.39 is 0 Å². The summed E-state index contributed by atoms with van der Waals surface area (Å²) >= 11 is 14.1. The number of thioether (sulfide) groups is 1. The molecule has 0 saturated heterocycles. The van der Waals surface area contributed by atoms with E-state index in [2.05, 4.69) is 25.4 Å². The van der Waals surface area contributed by atoms with E-state index in [0.717, 1.165) is 5.92 Å². The van der Waals surface area contributed by atoms with Crippen molar-refractivity contribution in [3.05, 3.63) is 28.2 Å². The molecule has 0 heterocycles. The monoisotopic (exact) mass is 331 g/mol. The molecule has 3 atom stereocenters. The van der Waals surface area contributed by atoms with Crippen molar-refractivity contribution in [2.24, 2.45) is 5.92 Å². The Labute approximate surface area is 136 Å². The molecular formula is C16H23Cl2NS. The zero-order chi connectivity index (χ0) is 14.5. The fourth-order valence-electron chi connectivity index (χ4n) is 3.07. The molecule has 1 aromatic rings. The third-order valence-electron chi connectivity index (χ3n) is 4.15. The van der Waals surface area contributed by atoms with E-state index in [1.54, 1.807) is 0 Å². The third-order valence-corrected chi connectivity index (χ3v) is 6.24. The molecule has 0 amide bonds. The number of benzene rings is 1. The molecule has 112 valence electrons. The molecule has 1 fully saturated rings. The summed E-state index contributed by atoms with van der Waals surface area (Å²) in [5.74, 6) is 0.880. The summed E-state index contributed by atoms with van der Waals surface area (Å²) in [6.45, 7) is 2.28. The van der Waals surface area contributed by atoms with Crippen molar-refractivity contribution in [2.45, 2.75) is 55.2 Å². The summed E-state index contributed by atoms with van der Waals surface area (Å²) in [5, 5.41) is 5.39. The second-order valence-electron chi connectivity index (χ2n) is 5.60. The van der Waals surface area contributed by atoms with Gasteiger partial charge in [0.2, 0.25) is 0 Å². The minimum absolute atomic E-state index is 0.600. The van der Waals surface area contributed by atoms with Gasteiger partial charge in [0.15, 0.2) is 0 Å². The molecule has 1 aliphatic rings. The molecule has 0 aliphatic heterocycles. The number of rotatable bonds is 5. The molecule has 2 rings (SSSR count). The summed E-state index contributed by atoms with van der Waals surface area (Å²) in [6.07, 6.45) is 6.58. The van der Waals surface area contributed by atoms with Gasteiger partial charge >= 0.3 is 0 Å². The molecule has 0 aromatic heterocycles. The van der Waals surface area contributed by atoms with Crippen LogP contribution in [0.3, 0.4) is 0 Å². The first-order chi connectivity index (χ1) is 9.63.